The lowest BCUT2D eigenvalue weighted by Crippen LogP contribution is -2.52. The van der Waals surface area contributed by atoms with E-state index in [0.717, 1.165) is 17.0 Å². The lowest BCUT2D eigenvalue weighted by atomic mass is 10.3. The molecule has 6 nitrogen and oxygen atoms in total. The molecule has 2 heterocycles. The third-order valence-electron chi connectivity index (χ3n) is 4.80. The van der Waals surface area contributed by atoms with Gasteiger partial charge in [0.2, 0.25) is 15.9 Å². The van der Waals surface area contributed by atoms with Crippen LogP contribution in [-0.4, -0.2) is 67.7 Å². The highest BCUT2D eigenvalue weighted by atomic mass is 35.5. The maximum atomic E-state index is 13.1. The van der Waals surface area contributed by atoms with Gasteiger partial charge in [-0.05, 0) is 36.4 Å². The number of nitrogens with zero attached hydrogens (tertiary/aromatic N) is 3. The molecule has 0 aliphatic carbocycles. The van der Waals surface area contributed by atoms with Gasteiger partial charge >= 0.3 is 0 Å². The summed E-state index contributed by atoms with van der Waals surface area (Å²) in [6.07, 6.45) is 1.75. The highest BCUT2D eigenvalue weighted by Crippen LogP contribution is 2.23. The second-order valence-corrected chi connectivity index (χ2v) is 10.6. The Morgan fingerprint density at radius 3 is 2.40 bits per heavy atom. The Morgan fingerprint density at radius 2 is 1.83 bits per heavy atom. The first-order valence-electron chi connectivity index (χ1n) is 9.40. The third kappa shape index (κ3) is 5.67. The van der Waals surface area contributed by atoms with E-state index in [-0.39, 0.29) is 30.4 Å². The predicted molar refractivity (Wildman–Crippen MR) is 117 cm³/mol. The summed E-state index contributed by atoms with van der Waals surface area (Å²) in [5.41, 5.74) is 0. The van der Waals surface area contributed by atoms with Crippen LogP contribution in [0, 0.1) is 5.82 Å². The number of rotatable bonds is 8. The molecule has 0 bridgehead atoms. The van der Waals surface area contributed by atoms with E-state index in [4.69, 9.17) is 11.6 Å². The summed E-state index contributed by atoms with van der Waals surface area (Å²) in [4.78, 5) is 17.5. The molecule has 0 unspecified atom stereocenters. The minimum absolute atomic E-state index is 0.0513. The molecular weight excluding hydrogens is 449 g/mol. The van der Waals surface area contributed by atoms with Gasteiger partial charge in [0.1, 0.15) is 5.82 Å². The summed E-state index contributed by atoms with van der Waals surface area (Å²) in [5, 5.41) is 0. The number of piperazine rings is 1. The third-order valence-corrected chi connectivity index (χ3v) is 7.93. The minimum Gasteiger partial charge on any atom is -0.339 e. The van der Waals surface area contributed by atoms with E-state index < -0.39 is 15.8 Å². The molecule has 0 atom stereocenters. The number of hydrogen-bond acceptors (Lipinski definition) is 5. The van der Waals surface area contributed by atoms with Crippen LogP contribution in [0.1, 0.15) is 4.88 Å². The molecule has 30 heavy (non-hydrogen) atoms. The van der Waals surface area contributed by atoms with Gasteiger partial charge in [0.05, 0.1) is 15.8 Å². The maximum absolute atomic E-state index is 13.1. The van der Waals surface area contributed by atoms with Crippen molar-refractivity contribution in [2.24, 2.45) is 0 Å². The highest BCUT2D eigenvalue weighted by molar-refractivity contribution is 7.89. The van der Waals surface area contributed by atoms with E-state index >= 15 is 0 Å². The summed E-state index contributed by atoms with van der Waals surface area (Å²) >= 11 is 7.46. The molecule has 1 aromatic carbocycles. The van der Waals surface area contributed by atoms with Crippen molar-refractivity contribution in [2.45, 2.75) is 11.4 Å². The van der Waals surface area contributed by atoms with Gasteiger partial charge < -0.3 is 4.90 Å². The van der Waals surface area contributed by atoms with E-state index in [2.05, 4.69) is 6.58 Å². The first kappa shape index (κ1) is 22.9. The number of thiophene rings is 1. The molecule has 0 saturated carbocycles. The van der Waals surface area contributed by atoms with Crippen molar-refractivity contribution in [3.8, 4) is 0 Å². The van der Waals surface area contributed by atoms with Gasteiger partial charge in [0.15, 0.2) is 0 Å². The number of sulfonamides is 1. The fraction of sp³-hybridized carbons (Fsp3) is 0.350. The standard InChI is InChI=1S/C20H23ClFN3O3S2/c1-2-9-23(14-17-5-8-19(21)29-17)15-20(26)24-10-12-25(13-11-24)30(27,28)18-6-3-16(22)4-7-18/h2-8H,1,9-15H2. The van der Waals surface area contributed by atoms with Gasteiger partial charge in [-0.25, -0.2) is 12.8 Å². The quantitative estimate of drug-likeness (QED) is 0.555. The van der Waals surface area contributed by atoms with Crippen molar-refractivity contribution in [2.75, 3.05) is 39.3 Å². The Balaban J connectivity index is 1.57. The van der Waals surface area contributed by atoms with Crippen molar-refractivity contribution in [3.05, 3.63) is 64.1 Å². The Labute approximate surface area is 185 Å². The van der Waals surface area contributed by atoms with Gasteiger partial charge in [-0.1, -0.05) is 17.7 Å². The van der Waals surface area contributed by atoms with Crippen LogP contribution in [0.4, 0.5) is 4.39 Å². The van der Waals surface area contributed by atoms with Crippen molar-refractivity contribution < 1.29 is 17.6 Å². The van der Waals surface area contributed by atoms with Gasteiger partial charge in [-0.3, -0.25) is 9.69 Å². The Kier molecular flexibility index (Phi) is 7.65. The second-order valence-electron chi connectivity index (χ2n) is 6.90. The molecule has 0 N–H and O–H groups in total. The van der Waals surface area contributed by atoms with Crippen LogP contribution in [0.5, 0.6) is 0 Å². The van der Waals surface area contributed by atoms with Gasteiger partial charge in [-0.15, -0.1) is 17.9 Å². The van der Waals surface area contributed by atoms with Crippen molar-refractivity contribution >= 4 is 38.9 Å². The molecule has 3 rings (SSSR count). The van der Waals surface area contributed by atoms with Crippen LogP contribution in [0.3, 0.4) is 0 Å². The molecule has 1 aromatic heterocycles. The SMILES string of the molecule is C=CCN(CC(=O)N1CCN(S(=O)(=O)c2ccc(F)cc2)CC1)Cc1ccc(Cl)s1. The van der Waals surface area contributed by atoms with Crippen LogP contribution >= 0.6 is 22.9 Å². The minimum atomic E-state index is -3.70. The largest absolute Gasteiger partial charge is 0.339 e. The molecule has 0 radical (unpaired) electrons. The van der Waals surface area contributed by atoms with Crippen LogP contribution < -0.4 is 0 Å². The molecule has 10 heteroatoms. The monoisotopic (exact) mass is 471 g/mol. The zero-order chi connectivity index (χ0) is 21.7. The molecule has 1 aliphatic rings. The lowest BCUT2D eigenvalue weighted by Gasteiger charge is -2.35. The zero-order valence-corrected chi connectivity index (χ0v) is 18.7. The smallest absolute Gasteiger partial charge is 0.243 e. The fourth-order valence-electron chi connectivity index (χ4n) is 3.25. The number of hydrogen-bond donors (Lipinski definition) is 0. The van der Waals surface area contributed by atoms with Crippen LogP contribution in [0.2, 0.25) is 4.34 Å². The number of halogens is 2. The lowest BCUT2D eigenvalue weighted by molar-refractivity contribution is -0.133. The summed E-state index contributed by atoms with van der Waals surface area (Å²) in [6, 6.07) is 8.53. The van der Waals surface area contributed by atoms with Crippen molar-refractivity contribution in [1.82, 2.24) is 14.1 Å². The number of carbonyl (C=O) groups is 1. The zero-order valence-electron chi connectivity index (χ0n) is 16.3. The summed E-state index contributed by atoms with van der Waals surface area (Å²) in [6.45, 7) is 6.14. The molecule has 162 valence electrons. The Morgan fingerprint density at radius 1 is 1.17 bits per heavy atom. The molecular formula is C20H23ClFN3O3S2. The normalized spacial score (nSPS) is 15.5. The molecule has 2 aromatic rings. The number of benzene rings is 1. The number of carbonyl (C=O) groups excluding carboxylic acids is 1. The van der Waals surface area contributed by atoms with Crippen LogP contribution in [0.25, 0.3) is 0 Å². The molecule has 1 aliphatic heterocycles. The maximum Gasteiger partial charge on any atom is 0.243 e. The Bertz CT molecular complexity index is 987. The van der Waals surface area contributed by atoms with Crippen LogP contribution in [-0.2, 0) is 21.4 Å². The summed E-state index contributed by atoms with van der Waals surface area (Å²) < 4.78 is 40.5. The molecule has 1 saturated heterocycles. The van der Waals surface area contributed by atoms with Crippen LogP contribution in [0.15, 0.2) is 53.9 Å². The second kappa shape index (κ2) is 10.0. The molecule has 1 amide bonds. The summed E-state index contributed by atoms with van der Waals surface area (Å²) in [7, 11) is -3.70. The first-order chi connectivity index (χ1) is 14.3. The van der Waals surface area contributed by atoms with Gasteiger partial charge in [-0.2, -0.15) is 4.31 Å². The topological polar surface area (TPSA) is 60.9 Å². The molecule has 1 fully saturated rings. The molecule has 0 spiro atoms. The predicted octanol–water partition coefficient (Wildman–Crippen LogP) is 3.06. The van der Waals surface area contributed by atoms with Crippen molar-refractivity contribution in [1.29, 1.82) is 0 Å². The number of amides is 1. The fourth-order valence-corrected chi connectivity index (χ4v) is 5.80. The average Bonchev–Trinajstić information content (AvgIpc) is 3.13. The Hall–Kier alpha value is -1.78. The average molecular weight is 472 g/mol. The highest BCUT2D eigenvalue weighted by Gasteiger charge is 2.30. The van der Waals surface area contributed by atoms with Gasteiger partial charge in [0, 0.05) is 44.1 Å². The van der Waals surface area contributed by atoms with E-state index in [0.29, 0.717) is 30.5 Å². The van der Waals surface area contributed by atoms with Gasteiger partial charge in [0.25, 0.3) is 0 Å². The van der Waals surface area contributed by atoms with E-state index in [1.807, 2.05) is 17.0 Å². The van der Waals surface area contributed by atoms with Crippen molar-refractivity contribution in [3.63, 3.8) is 0 Å². The van der Waals surface area contributed by atoms with E-state index in [9.17, 15) is 17.6 Å². The van der Waals surface area contributed by atoms with E-state index in [1.165, 1.54) is 27.8 Å². The summed E-state index contributed by atoms with van der Waals surface area (Å²) in [5.74, 6) is -0.545. The van der Waals surface area contributed by atoms with E-state index in [1.54, 1.807) is 11.0 Å². The first-order valence-corrected chi connectivity index (χ1v) is 12.0.